The minimum atomic E-state index is -1.01. The van der Waals surface area contributed by atoms with Gasteiger partial charge in [-0.25, -0.2) is 0 Å². The number of carboxylic acids is 1. The second-order valence-corrected chi connectivity index (χ2v) is 5.50. The first-order valence-corrected chi connectivity index (χ1v) is 6.86. The van der Waals surface area contributed by atoms with Crippen LogP contribution in [0.25, 0.3) is 0 Å². The van der Waals surface area contributed by atoms with Crippen molar-refractivity contribution in [2.45, 2.75) is 25.4 Å². The quantitative estimate of drug-likeness (QED) is 0.894. The molecule has 1 heterocycles. The van der Waals surface area contributed by atoms with E-state index < -0.39 is 12.0 Å². The summed E-state index contributed by atoms with van der Waals surface area (Å²) in [6.07, 6.45) is 2.53. The topological polar surface area (TPSA) is 66.6 Å². The Morgan fingerprint density at radius 1 is 1.44 bits per heavy atom. The molecule has 1 aromatic carbocycles. The maximum absolute atomic E-state index is 10.8. The highest BCUT2D eigenvalue weighted by Gasteiger charge is 2.17. The van der Waals surface area contributed by atoms with Gasteiger partial charge in [0, 0.05) is 11.0 Å². The Kier molecular flexibility index (Phi) is 4.37. The van der Waals surface area contributed by atoms with Gasteiger partial charge in [0.05, 0.1) is 0 Å². The van der Waals surface area contributed by atoms with Crippen LogP contribution in [0.1, 0.15) is 30.0 Å². The maximum Gasteiger partial charge on any atom is 0.325 e. The molecule has 98 valence electrons. The molecule has 18 heavy (non-hydrogen) atoms. The first-order valence-electron chi connectivity index (χ1n) is 6.07. The summed E-state index contributed by atoms with van der Waals surface area (Å²) in [6.45, 7) is 3.19. The number of carbonyl (C=O) groups is 1. The van der Waals surface area contributed by atoms with Crippen molar-refractivity contribution in [1.82, 2.24) is 4.90 Å². The van der Waals surface area contributed by atoms with Gasteiger partial charge in [-0.2, -0.15) is 0 Å². The van der Waals surface area contributed by atoms with Gasteiger partial charge in [-0.3, -0.25) is 9.69 Å². The van der Waals surface area contributed by atoms with Crippen molar-refractivity contribution < 1.29 is 9.90 Å². The van der Waals surface area contributed by atoms with Crippen LogP contribution in [0.15, 0.2) is 22.7 Å². The van der Waals surface area contributed by atoms with E-state index in [1.165, 1.54) is 18.4 Å². The van der Waals surface area contributed by atoms with Crippen LogP contribution in [0.2, 0.25) is 0 Å². The zero-order valence-electron chi connectivity index (χ0n) is 10.1. The van der Waals surface area contributed by atoms with Gasteiger partial charge in [-0.05, 0) is 43.1 Å². The number of nitrogens with two attached hydrogens (primary N) is 1. The molecular weight excluding hydrogens is 296 g/mol. The van der Waals surface area contributed by atoms with E-state index in [0.717, 1.165) is 24.1 Å². The molecule has 1 aliphatic rings. The van der Waals surface area contributed by atoms with Gasteiger partial charge in [0.25, 0.3) is 0 Å². The number of carboxylic acid groups (broad SMARTS) is 1. The highest BCUT2D eigenvalue weighted by Crippen LogP contribution is 2.24. The van der Waals surface area contributed by atoms with E-state index >= 15 is 0 Å². The third-order valence-electron chi connectivity index (χ3n) is 3.29. The van der Waals surface area contributed by atoms with Crippen molar-refractivity contribution in [2.75, 3.05) is 13.1 Å². The molecule has 0 radical (unpaired) electrons. The van der Waals surface area contributed by atoms with Crippen molar-refractivity contribution in [3.05, 3.63) is 33.8 Å². The monoisotopic (exact) mass is 312 g/mol. The van der Waals surface area contributed by atoms with Crippen molar-refractivity contribution in [3.8, 4) is 0 Å². The molecule has 0 bridgehead atoms. The minimum Gasteiger partial charge on any atom is -0.480 e. The molecule has 1 saturated heterocycles. The highest BCUT2D eigenvalue weighted by molar-refractivity contribution is 9.10. The van der Waals surface area contributed by atoms with Crippen LogP contribution < -0.4 is 5.73 Å². The van der Waals surface area contributed by atoms with E-state index in [2.05, 4.69) is 20.8 Å². The molecule has 1 aromatic rings. The molecule has 0 spiro atoms. The lowest BCUT2D eigenvalue weighted by atomic mass is 10.1. The summed E-state index contributed by atoms with van der Waals surface area (Å²) in [4.78, 5) is 13.2. The molecule has 1 fully saturated rings. The number of rotatable bonds is 4. The van der Waals surface area contributed by atoms with Crippen molar-refractivity contribution in [1.29, 1.82) is 0 Å². The Hall–Kier alpha value is -0.910. The van der Waals surface area contributed by atoms with E-state index in [0.29, 0.717) is 5.56 Å². The van der Waals surface area contributed by atoms with Gasteiger partial charge in [0.15, 0.2) is 0 Å². The predicted molar refractivity (Wildman–Crippen MR) is 73.2 cm³/mol. The van der Waals surface area contributed by atoms with E-state index in [4.69, 9.17) is 10.8 Å². The van der Waals surface area contributed by atoms with Gasteiger partial charge in [-0.1, -0.05) is 28.1 Å². The number of aliphatic carboxylic acids is 1. The molecule has 2 rings (SSSR count). The standard InChI is InChI=1S/C13H17BrN2O2/c14-11-7-9(12(15)13(17)18)3-4-10(11)8-16-5-1-2-6-16/h3-4,7,12H,1-2,5-6,8,15H2,(H,17,18). The smallest absolute Gasteiger partial charge is 0.325 e. The Morgan fingerprint density at radius 3 is 2.67 bits per heavy atom. The summed E-state index contributed by atoms with van der Waals surface area (Å²) in [5.41, 5.74) is 7.39. The van der Waals surface area contributed by atoms with Gasteiger partial charge < -0.3 is 10.8 Å². The van der Waals surface area contributed by atoms with E-state index in [1.54, 1.807) is 6.07 Å². The molecule has 0 saturated carbocycles. The van der Waals surface area contributed by atoms with Crippen LogP contribution in [-0.4, -0.2) is 29.1 Å². The lowest BCUT2D eigenvalue weighted by Gasteiger charge is -2.17. The molecule has 1 unspecified atom stereocenters. The summed E-state index contributed by atoms with van der Waals surface area (Å²) in [7, 11) is 0. The lowest BCUT2D eigenvalue weighted by Crippen LogP contribution is -2.21. The molecule has 4 nitrogen and oxygen atoms in total. The molecule has 1 atom stereocenters. The number of likely N-dealkylation sites (tertiary alicyclic amines) is 1. The number of benzene rings is 1. The van der Waals surface area contributed by atoms with Gasteiger partial charge in [0.1, 0.15) is 6.04 Å². The van der Waals surface area contributed by atoms with Crippen molar-refractivity contribution in [3.63, 3.8) is 0 Å². The van der Waals surface area contributed by atoms with Gasteiger partial charge >= 0.3 is 5.97 Å². The third-order valence-corrected chi connectivity index (χ3v) is 4.03. The average Bonchev–Trinajstić information content (AvgIpc) is 2.83. The van der Waals surface area contributed by atoms with E-state index in [-0.39, 0.29) is 0 Å². The number of halogens is 1. The Bertz CT molecular complexity index is 445. The fraction of sp³-hybridized carbons (Fsp3) is 0.462. The normalized spacial score (nSPS) is 17.9. The molecular formula is C13H17BrN2O2. The van der Waals surface area contributed by atoms with Crippen LogP contribution >= 0.6 is 15.9 Å². The van der Waals surface area contributed by atoms with Crippen LogP contribution in [0.3, 0.4) is 0 Å². The minimum absolute atomic E-state index is 0.625. The summed E-state index contributed by atoms with van der Waals surface area (Å²) < 4.78 is 0.934. The summed E-state index contributed by atoms with van der Waals surface area (Å²) in [6, 6.07) is 4.61. The van der Waals surface area contributed by atoms with Crippen molar-refractivity contribution >= 4 is 21.9 Å². The van der Waals surface area contributed by atoms with E-state index in [1.807, 2.05) is 12.1 Å². The van der Waals surface area contributed by atoms with Gasteiger partial charge in [0.2, 0.25) is 0 Å². The summed E-state index contributed by atoms with van der Waals surface area (Å²) in [5, 5.41) is 8.88. The van der Waals surface area contributed by atoms with E-state index in [9.17, 15) is 4.79 Å². The van der Waals surface area contributed by atoms with Crippen LogP contribution in [0, 0.1) is 0 Å². The highest BCUT2D eigenvalue weighted by atomic mass is 79.9. The second kappa shape index (κ2) is 5.82. The summed E-state index contributed by atoms with van der Waals surface area (Å²) >= 11 is 3.50. The fourth-order valence-electron chi connectivity index (χ4n) is 2.21. The van der Waals surface area contributed by atoms with Crippen LogP contribution in [0.4, 0.5) is 0 Å². The Labute approximate surface area is 115 Å². The van der Waals surface area contributed by atoms with Crippen LogP contribution in [-0.2, 0) is 11.3 Å². The van der Waals surface area contributed by atoms with Crippen LogP contribution in [0.5, 0.6) is 0 Å². The number of hydrogen-bond acceptors (Lipinski definition) is 3. The fourth-order valence-corrected chi connectivity index (χ4v) is 2.73. The molecule has 0 aliphatic carbocycles. The largest absolute Gasteiger partial charge is 0.480 e. The summed E-state index contributed by atoms with van der Waals surface area (Å²) in [5.74, 6) is -1.01. The molecule has 1 aliphatic heterocycles. The predicted octanol–water partition coefficient (Wildman–Crippen LogP) is 2.13. The first kappa shape index (κ1) is 13.5. The molecule has 3 N–H and O–H groups in total. The zero-order valence-corrected chi connectivity index (χ0v) is 11.7. The molecule has 0 aromatic heterocycles. The maximum atomic E-state index is 10.8. The SMILES string of the molecule is NC(C(=O)O)c1ccc(CN2CCCC2)c(Br)c1. The second-order valence-electron chi connectivity index (χ2n) is 4.65. The number of nitrogens with zero attached hydrogens (tertiary/aromatic N) is 1. The number of hydrogen-bond donors (Lipinski definition) is 2. The third kappa shape index (κ3) is 3.10. The Balaban J connectivity index is 2.11. The van der Waals surface area contributed by atoms with Crippen molar-refractivity contribution in [2.24, 2.45) is 5.73 Å². The lowest BCUT2D eigenvalue weighted by molar-refractivity contribution is -0.138. The van der Waals surface area contributed by atoms with Gasteiger partial charge in [-0.15, -0.1) is 0 Å². The zero-order chi connectivity index (χ0) is 13.1. The average molecular weight is 313 g/mol. The Morgan fingerprint density at radius 2 is 2.11 bits per heavy atom. The molecule has 0 amide bonds. The first-order chi connectivity index (χ1) is 8.58. The molecule has 5 heteroatoms.